The van der Waals surface area contributed by atoms with Crippen LogP contribution >= 0.6 is 0 Å². The number of aryl methyl sites for hydroxylation is 1. The minimum absolute atomic E-state index is 0.121. The largest absolute Gasteiger partial charge is 0.352 e. The van der Waals surface area contributed by atoms with Gasteiger partial charge in [0.25, 0.3) is 5.91 Å². The zero-order valence-corrected chi connectivity index (χ0v) is 13.9. The Labute approximate surface area is 138 Å². The van der Waals surface area contributed by atoms with Crippen LogP contribution in [0.5, 0.6) is 0 Å². The van der Waals surface area contributed by atoms with Gasteiger partial charge in [-0.2, -0.15) is 0 Å². The molecule has 0 saturated heterocycles. The quantitative estimate of drug-likeness (QED) is 0.833. The maximum absolute atomic E-state index is 11.7. The Bertz CT molecular complexity index is 624. The van der Waals surface area contributed by atoms with E-state index in [4.69, 9.17) is 5.73 Å². The number of pyridine rings is 1. The lowest BCUT2D eigenvalue weighted by molar-refractivity contribution is 0.0953. The number of hydrogen-bond acceptors (Lipinski definition) is 3. The molecule has 0 radical (unpaired) electrons. The van der Waals surface area contributed by atoms with Crippen LogP contribution in [-0.2, 0) is 0 Å². The summed E-state index contributed by atoms with van der Waals surface area (Å²) in [6.07, 6.45) is 4.02. The molecule has 0 atom stereocenters. The van der Waals surface area contributed by atoms with Crippen LogP contribution in [0.4, 0.5) is 0 Å². The van der Waals surface area contributed by atoms with Crippen molar-refractivity contribution in [1.29, 1.82) is 0 Å². The molecule has 4 heteroatoms. The smallest absolute Gasteiger partial charge is 0.252 e. The van der Waals surface area contributed by atoms with E-state index in [2.05, 4.69) is 35.9 Å². The molecule has 1 aromatic heterocycles. The van der Waals surface area contributed by atoms with Crippen LogP contribution in [0.15, 0.2) is 55.4 Å². The van der Waals surface area contributed by atoms with Crippen molar-refractivity contribution in [2.45, 2.75) is 20.3 Å². The molecule has 1 aromatic carbocycles. The van der Waals surface area contributed by atoms with Crippen molar-refractivity contribution in [3.8, 4) is 0 Å². The number of rotatable bonds is 5. The minimum Gasteiger partial charge on any atom is -0.352 e. The standard InChI is InChI=1S/C12H17N3O.C7H8/c1-9(2)10-6-11(8-14-7-10)12(16)15-5-3-4-13;1-7-5-3-2-4-6-7/h6-8H,1,3-5,13H2,2H3,(H,15,16);2-6H,1H3. The van der Waals surface area contributed by atoms with E-state index < -0.39 is 0 Å². The summed E-state index contributed by atoms with van der Waals surface area (Å²) in [5, 5.41) is 2.78. The van der Waals surface area contributed by atoms with Gasteiger partial charge in [0.2, 0.25) is 0 Å². The SMILES string of the molecule is C=C(C)c1cncc(C(=O)NCCCN)c1.Cc1ccccc1. The van der Waals surface area contributed by atoms with Gasteiger partial charge in [-0.15, -0.1) is 0 Å². The molecular weight excluding hydrogens is 286 g/mol. The summed E-state index contributed by atoms with van der Waals surface area (Å²) < 4.78 is 0. The first-order valence-electron chi connectivity index (χ1n) is 7.65. The fourth-order valence-electron chi connectivity index (χ4n) is 1.74. The van der Waals surface area contributed by atoms with Crippen LogP contribution in [0.1, 0.15) is 34.8 Å². The zero-order chi connectivity index (χ0) is 17.1. The second-order valence-corrected chi connectivity index (χ2v) is 5.30. The van der Waals surface area contributed by atoms with Crippen LogP contribution in [0, 0.1) is 6.92 Å². The Morgan fingerprint density at radius 3 is 2.39 bits per heavy atom. The summed E-state index contributed by atoms with van der Waals surface area (Å²) in [7, 11) is 0. The number of amides is 1. The number of nitrogens with one attached hydrogen (secondary N) is 1. The second kappa shape index (κ2) is 10.3. The van der Waals surface area contributed by atoms with Gasteiger partial charge in [-0.1, -0.05) is 42.5 Å². The average Bonchev–Trinajstić information content (AvgIpc) is 2.56. The molecule has 0 aliphatic heterocycles. The highest BCUT2D eigenvalue weighted by Gasteiger charge is 2.06. The zero-order valence-electron chi connectivity index (χ0n) is 13.9. The van der Waals surface area contributed by atoms with Gasteiger partial charge in [0.15, 0.2) is 0 Å². The van der Waals surface area contributed by atoms with E-state index in [-0.39, 0.29) is 5.91 Å². The molecule has 0 bridgehead atoms. The highest BCUT2D eigenvalue weighted by Crippen LogP contribution is 2.11. The summed E-state index contributed by atoms with van der Waals surface area (Å²) in [4.78, 5) is 15.7. The highest BCUT2D eigenvalue weighted by molar-refractivity contribution is 5.94. The fraction of sp³-hybridized carbons (Fsp3) is 0.263. The number of nitrogens with two attached hydrogens (primary N) is 1. The van der Waals surface area contributed by atoms with Crippen molar-refractivity contribution in [3.05, 3.63) is 72.1 Å². The highest BCUT2D eigenvalue weighted by atomic mass is 16.1. The average molecular weight is 311 g/mol. The van der Waals surface area contributed by atoms with Gasteiger partial charge < -0.3 is 11.1 Å². The van der Waals surface area contributed by atoms with E-state index in [0.717, 1.165) is 17.6 Å². The van der Waals surface area contributed by atoms with E-state index in [1.165, 1.54) is 5.56 Å². The first kappa shape index (κ1) is 18.6. The van der Waals surface area contributed by atoms with E-state index in [1.54, 1.807) is 18.5 Å². The molecule has 1 amide bonds. The third-order valence-corrected chi connectivity index (χ3v) is 3.10. The first-order chi connectivity index (χ1) is 11.0. The molecule has 0 saturated carbocycles. The summed E-state index contributed by atoms with van der Waals surface area (Å²) >= 11 is 0. The number of benzene rings is 1. The van der Waals surface area contributed by atoms with Crippen molar-refractivity contribution in [2.24, 2.45) is 5.73 Å². The first-order valence-corrected chi connectivity index (χ1v) is 7.65. The van der Waals surface area contributed by atoms with Gasteiger partial charge in [0, 0.05) is 18.9 Å². The molecule has 2 rings (SSSR count). The Balaban J connectivity index is 0.000000313. The van der Waals surface area contributed by atoms with Gasteiger partial charge in [-0.05, 0) is 44.0 Å². The molecule has 2 aromatic rings. The number of aromatic nitrogens is 1. The van der Waals surface area contributed by atoms with Crippen LogP contribution in [-0.4, -0.2) is 24.0 Å². The predicted molar refractivity (Wildman–Crippen MR) is 96.1 cm³/mol. The van der Waals surface area contributed by atoms with Crippen LogP contribution in [0.3, 0.4) is 0 Å². The topological polar surface area (TPSA) is 68.0 Å². The third-order valence-electron chi connectivity index (χ3n) is 3.10. The van der Waals surface area contributed by atoms with Crippen LogP contribution in [0.25, 0.3) is 5.57 Å². The van der Waals surface area contributed by atoms with Crippen molar-refractivity contribution >= 4 is 11.5 Å². The van der Waals surface area contributed by atoms with Crippen molar-refractivity contribution in [2.75, 3.05) is 13.1 Å². The molecule has 4 nitrogen and oxygen atoms in total. The van der Waals surface area contributed by atoms with Crippen molar-refractivity contribution in [3.63, 3.8) is 0 Å². The Morgan fingerprint density at radius 1 is 1.22 bits per heavy atom. The number of carbonyl (C=O) groups excluding carboxylic acids is 1. The Morgan fingerprint density at radius 2 is 1.87 bits per heavy atom. The number of hydrogen-bond donors (Lipinski definition) is 2. The van der Waals surface area contributed by atoms with E-state index >= 15 is 0 Å². The maximum atomic E-state index is 11.7. The summed E-state index contributed by atoms with van der Waals surface area (Å²) in [5.41, 5.74) is 8.99. The molecular formula is C19H25N3O. The lowest BCUT2D eigenvalue weighted by atomic mass is 10.1. The predicted octanol–water partition coefficient (Wildman–Crippen LogP) is 3.19. The monoisotopic (exact) mass is 311 g/mol. The van der Waals surface area contributed by atoms with E-state index in [9.17, 15) is 4.79 Å². The number of allylic oxidation sites excluding steroid dienone is 1. The van der Waals surface area contributed by atoms with Gasteiger partial charge in [-0.3, -0.25) is 9.78 Å². The summed E-state index contributed by atoms with van der Waals surface area (Å²) in [5.74, 6) is -0.121. The lowest BCUT2D eigenvalue weighted by Gasteiger charge is -2.05. The molecule has 23 heavy (non-hydrogen) atoms. The van der Waals surface area contributed by atoms with E-state index in [1.807, 2.05) is 25.1 Å². The molecule has 0 aliphatic rings. The number of nitrogens with zero attached hydrogens (tertiary/aromatic N) is 1. The molecule has 0 fully saturated rings. The maximum Gasteiger partial charge on any atom is 0.252 e. The summed E-state index contributed by atoms with van der Waals surface area (Å²) in [6.45, 7) is 8.94. The fourth-order valence-corrected chi connectivity index (χ4v) is 1.74. The molecule has 0 aliphatic carbocycles. The van der Waals surface area contributed by atoms with Crippen molar-refractivity contribution < 1.29 is 4.79 Å². The number of carbonyl (C=O) groups is 1. The molecule has 1 heterocycles. The van der Waals surface area contributed by atoms with Gasteiger partial charge in [0.1, 0.15) is 0 Å². The summed E-state index contributed by atoms with van der Waals surface area (Å²) in [6, 6.07) is 12.0. The van der Waals surface area contributed by atoms with E-state index in [0.29, 0.717) is 18.7 Å². The van der Waals surface area contributed by atoms with Gasteiger partial charge in [-0.25, -0.2) is 0 Å². The lowest BCUT2D eigenvalue weighted by Crippen LogP contribution is -2.26. The second-order valence-electron chi connectivity index (χ2n) is 5.30. The molecule has 3 N–H and O–H groups in total. The van der Waals surface area contributed by atoms with Crippen LogP contribution < -0.4 is 11.1 Å². The minimum atomic E-state index is -0.121. The Kier molecular flexibility index (Phi) is 8.32. The third kappa shape index (κ3) is 7.38. The van der Waals surface area contributed by atoms with Gasteiger partial charge in [0.05, 0.1) is 5.56 Å². The normalized spacial score (nSPS) is 9.52. The van der Waals surface area contributed by atoms with Gasteiger partial charge >= 0.3 is 0 Å². The van der Waals surface area contributed by atoms with Crippen LogP contribution in [0.2, 0.25) is 0 Å². The molecule has 0 spiro atoms. The Hall–Kier alpha value is -2.46. The van der Waals surface area contributed by atoms with Crippen molar-refractivity contribution in [1.82, 2.24) is 10.3 Å². The molecule has 0 unspecified atom stereocenters. The molecule has 122 valence electrons.